The first-order valence-corrected chi connectivity index (χ1v) is 8.52. The number of hydrogen-bond donors (Lipinski definition) is 2. The van der Waals surface area contributed by atoms with Gasteiger partial charge in [-0.15, -0.1) is 0 Å². The fourth-order valence-corrected chi connectivity index (χ4v) is 2.02. The lowest BCUT2D eigenvalue weighted by Crippen LogP contribution is -2.45. The van der Waals surface area contributed by atoms with Crippen LogP contribution >= 0.6 is 0 Å². The largest absolute Gasteiger partial charge is 0.480 e. The summed E-state index contributed by atoms with van der Waals surface area (Å²) in [5.41, 5.74) is 5.53. The van der Waals surface area contributed by atoms with Crippen LogP contribution in [0, 0.1) is 5.92 Å². The molecule has 3 N–H and O–H groups in total. The highest BCUT2D eigenvalue weighted by atomic mass is 28.4. The minimum absolute atomic E-state index is 0.139. The van der Waals surface area contributed by atoms with Crippen LogP contribution in [0.4, 0.5) is 0 Å². The fourth-order valence-electron chi connectivity index (χ4n) is 0.903. The molecule has 0 aromatic heterocycles. The maximum absolute atomic E-state index is 10.7. The molecule has 0 saturated heterocycles. The number of carboxylic acids is 1. The van der Waals surface area contributed by atoms with Crippen LogP contribution in [-0.2, 0) is 9.22 Å². The SMILES string of the molecule is C[C@@H](CO[Si](C)(C)C(C)(C)C)[C@H](N)C(=O)O. The molecule has 0 aliphatic carbocycles. The van der Waals surface area contributed by atoms with Crippen LogP contribution in [0.2, 0.25) is 18.1 Å². The van der Waals surface area contributed by atoms with Crippen molar-refractivity contribution in [2.75, 3.05) is 6.61 Å². The Hall–Kier alpha value is -0.393. The number of rotatable bonds is 5. The lowest BCUT2D eigenvalue weighted by Gasteiger charge is -2.37. The van der Waals surface area contributed by atoms with Crippen LogP contribution < -0.4 is 5.73 Å². The quantitative estimate of drug-likeness (QED) is 0.729. The highest BCUT2D eigenvalue weighted by Gasteiger charge is 2.37. The smallest absolute Gasteiger partial charge is 0.320 e. The first-order chi connectivity index (χ1) is 6.99. The zero-order chi connectivity index (χ0) is 13.1. The number of nitrogens with two attached hydrogens (primary N) is 1. The summed E-state index contributed by atoms with van der Waals surface area (Å²) in [6.07, 6.45) is 0. The maximum Gasteiger partial charge on any atom is 0.320 e. The molecule has 96 valence electrons. The van der Waals surface area contributed by atoms with E-state index in [0.717, 1.165) is 0 Å². The van der Waals surface area contributed by atoms with Crippen LogP contribution in [-0.4, -0.2) is 32.0 Å². The first kappa shape index (κ1) is 15.6. The van der Waals surface area contributed by atoms with Gasteiger partial charge in [-0.3, -0.25) is 4.79 Å². The molecule has 0 rings (SSSR count). The average molecular weight is 247 g/mol. The maximum atomic E-state index is 10.7. The predicted octanol–water partition coefficient (Wildman–Crippen LogP) is 2.06. The van der Waals surface area contributed by atoms with Gasteiger partial charge in [-0.1, -0.05) is 27.7 Å². The second kappa shape index (κ2) is 5.29. The summed E-state index contributed by atoms with van der Waals surface area (Å²) in [5.74, 6) is -1.13. The minimum Gasteiger partial charge on any atom is -0.480 e. The molecule has 0 aromatic carbocycles. The van der Waals surface area contributed by atoms with Gasteiger partial charge in [0.1, 0.15) is 6.04 Å². The van der Waals surface area contributed by atoms with Crippen molar-refractivity contribution >= 4 is 14.3 Å². The molecule has 0 radical (unpaired) electrons. The third kappa shape index (κ3) is 4.23. The molecule has 0 unspecified atom stereocenters. The van der Waals surface area contributed by atoms with Crippen molar-refractivity contribution in [2.45, 2.75) is 51.9 Å². The van der Waals surface area contributed by atoms with Crippen LogP contribution in [0.1, 0.15) is 27.7 Å². The van der Waals surface area contributed by atoms with Crippen LogP contribution in [0.15, 0.2) is 0 Å². The lowest BCUT2D eigenvalue weighted by molar-refractivity contribution is -0.140. The molecular weight excluding hydrogens is 222 g/mol. The van der Waals surface area contributed by atoms with Gasteiger partial charge in [0.05, 0.1) is 0 Å². The van der Waals surface area contributed by atoms with Crippen molar-refractivity contribution in [3.63, 3.8) is 0 Å². The van der Waals surface area contributed by atoms with E-state index >= 15 is 0 Å². The second-order valence-corrected chi connectivity index (χ2v) is 10.7. The average Bonchev–Trinajstić information content (AvgIpc) is 2.11. The number of carbonyl (C=O) groups is 1. The van der Waals surface area contributed by atoms with Crippen molar-refractivity contribution in [3.05, 3.63) is 0 Å². The molecule has 0 bridgehead atoms. The van der Waals surface area contributed by atoms with E-state index in [1.807, 2.05) is 6.92 Å². The molecule has 16 heavy (non-hydrogen) atoms. The van der Waals surface area contributed by atoms with Crippen LogP contribution in [0.5, 0.6) is 0 Å². The van der Waals surface area contributed by atoms with Gasteiger partial charge in [0.25, 0.3) is 0 Å². The van der Waals surface area contributed by atoms with Crippen LogP contribution in [0.25, 0.3) is 0 Å². The third-order valence-corrected chi connectivity index (χ3v) is 7.91. The molecule has 0 aromatic rings. The van der Waals surface area contributed by atoms with E-state index in [0.29, 0.717) is 6.61 Å². The molecule has 2 atom stereocenters. The summed E-state index contributed by atoms with van der Waals surface area (Å²) in [6, 6.07) is -0.843. The number of aliphatic carboxylic acids is 1. The molecule has 0 heterocycles. The highest BCUT2D eigenvalue weighted by molar-refractivity contribution is 6.74. The van der Waals surface area contributed by atoms with Crippen molar-refractivity contribution in [2.24, 2.45) is 11.7 Å². The number of carboxylic acid groups (broad SMARTS) is 1. The molecule has 5 heteroatoms. The summed E-state index contributed by atoms with van der Waals surface area (Å²) >= 11 is 0. The van der Waals surface area contributed by atoms with Crippen molar-refractivity contribution in [1.29, 1.82) is 0 Å². The van der Waals surface area contributed by atoms with Gasteiger partial charge in [0, 0.05) is 12.5 Å². The van der Waals surface area contributed by atoms with Gasteiger partial charge in [-0.05, 0) is 18.1 Å². The summed E-state index contributed by atoms with van der Waals surface area (Å²) in [4.78, 5) is 10.7. The van der Waals surface area contributed by atoms with Crippen molar-refractivity contribution < 1.29 is 14.3 Å². The first-order valence-electron chi connectivity index (χ1n) is 5.61. The Morgan fingerprint density at radius 2 is 1.88 bits per heavy atom. The van der Waals surface area contributed by atoms with Gasteiger partial charge in [-0.2, -0.15) is 0 Å². The molecule has 0 saturated carbocycles. The predicted molar refractivity (Wildman–Crippen MR) is 67.9 cm³/mol. The highest BCUT2D eigenvalue weighted by Crippen LogP contribution is 2.36. The van der Waals surface area contributed by atoms with E-state index in [-0.39, 0.29) is 11.0 Å². The van der Waals surface area contributed by atoms with E-state index in [4.69, 9.17) is 15.3 Å². The van der Waals surface area contributed by atoms with E-state index in [2.05, 4.69) is 33.9 Å². The Morgan fingerprint density at radius 1 is 1.44 bits per heavy atom. The summed E-state index contributed by atoms with van der Waals surface area (Å²) in [5, 5.41) is 8.91. The third-order valence-electron chi connectivity index (χ3n) is 3.41. The standard InChI is InChI=1S/C11H25NO3Si/c1-8(9(12)10(13)14)7-15-16(5,6)11(2,3)4/h8-9H,7,12H2,1-6H3,(H,13,14)/t8-,9-/m0/s1. The Kier molecular flexibility index (Phi) is 5.16. The van der Waals surface area contributed by atoms with E-state index in [9.17, 15) is 4.79 Å². The summed E-state index contributed by atoms with van der Waals surface area (Å²) in [6.45, 7) is 13.0. The molecule has 0 amide bonds. The van der Waals surface area contributed by atoms with Gasteiger partial charge >= 0.3 is 5.97 Å². The van der Waals surface area contributed by atoms with Gasteiger partial charge in [-0.25, -0.2) is 0 Å². The van der Waals surface area contributed by atoms with Gasteiger partial charge < -0.3 is 15.3 Å². The molecule has 0 fully saturated rings. The number of hydrogen-bond acceptors (Lipinski definition) is 3. The molecule has 4 nitrogen and oxygen atoms in total. The molecular formula is C11H25NO3Si. The van der Waals surface area contributed by atoms with E-state index in [1.54, 1.807) is 0 Å². The Labute approximate surface area is 99.3 Å². The van der Waals surface area contributed by atoms with Gasteiger partial charge in [0.2, 0.25) is 0 Å². The Morgan fingerprint density at radius 3 is 2.19 bits per heavy atom. The monoisotopic (exact) mass is 247 g/mol. The normalized spacial score (nSPS) is 16.9. The Bertz CT molecular complexity index is 248. The van der Waals surface area contributed by atoms with Gasteiger partial charge in [0.15, 0.2) is 8.32 Å². The summed E-state index contributed by atoms with van der Waals surface area (Å²) < 4.78 is 5.92. The topological polar surface area (TPSA) is 72.5 Å². The van der Waals surface area contributed by atoms with E-state index in [1.165, 1.54) is 0 Å². The van der Waals surface area contributed by atoms with Crippen molar-refractivity contribution in [3.8, 4) is 0 Å². The molecule has 0 spiro atoms. The summed E-state index contributed by atoms with van der Waals surface area (Å²) in [7, 11) is -1.80. The van der Waals surface area contributed by atoms with Crippen LogP contribution in [0.3, 0.4) is 0 Å². The lowest BCUT2D eigenvalue weighted by atomic mass is 10.1. The Balaban J connectivity index is 4.31. The zero-order valence-electron chi connectivity index (χ0n) is 11.2. The minimum atomic E-state index is -1.80. The zero-order valence-corrected chi connectivity index (χ0v) is 12.2. The fraction of sp³-hybridized carbons (Fsp3) is 0.909. The van der Waals surface area contributed by atoms with E-state index < -0.39 is 20.3 Å². The van der Waals surface area contributed by atoms with Crippen molar-refractivity contribution in [1.82, 2.24) is 0 Å². The molecule has 0 aliphatic heterocycles. The molecule has 0 aliphatic rings. The second-order valence-electron chi connectivity index (χ2n) is 5.91.